The first-order chi connectivity index (χ1) is 7.77. The van der Waals surface area contributed by atoms with Crippen molar-refractivity contribution in [3.63, 3.8) is 0 Å². The molecule has 1 heterocycles. The van der Waals surface area contributed by atoms with E-state index in [1.54, 1.807) is 0 Å². The van der Waals surface area contributed by atoms with Crippen molar-refractivity contribution in [1.29, 1.82) is 0 Å². The smallest absolute Gasteiger partial charge is 0.225 e. The number of aliphatic hydroxyl groups is 1. The van der Waals surface area contributed by atoms with E-state index in [9.17, 15) is 9.90 Å². The van der Waals surface area contributed by atoms with Crippen LogP contribution >= 0.6 is 0 Å². The zero-order valence-electron chi connectivity index (χ0n) is 9.74. The molecule has 0 aromatic rings. The molecule has 3 N–H and O–H groups in total. The Morgan fingerprint density at radius 1 is 1.31 bits per heavy atom. The molecule has 1 saturated heterocycles. The molecule has 0 aromatic heterocycles. The molecular formula is C12H22N2O2. The summed E-state index contributed by atoms with van der Waals surface area (Å²) in [6.07, 6.45) is 5.62. The minimum absolute atomic E-state index is 0.0913. The number of carbonyl (C=O) groups is 1. The number of carbonyl (C=O) groups excluding carboxylic acids is 1. The SMILES string of the molecule is O=C(NCC(O)C1CCCCC1)C1CNC1. The maximum Gasteiger partial charge on any atom is 0.225 e. The Kier molecular flexibility index (Phi) is 4.18. The third-order valence-corrected chi connectivity index (χ3v) is 3.83. The van der Waals surface area contributed by atoms with E-state index >= 15 is 0 Å². The molecule has 1 amide bonds. The normalized spacial score (nSPS) is 24.8. The van der Waals surface area contributed by atoms with Crippen molar-refractivity contribution in [2.75, 3.05) is 19.6 Å². The van der Waals surface area contributed by atoms with Crippen LogP contribution in [0.5, 0.6) is 0 Å². The third-order valence-electron chi connectivity index (χ3n) is 3.83. The van der Waals surface area contributed by atoms with Gasteiger partial charge >= 0.3 is 0 Å². The Morgan fingerprint density at radius 2 is 2.00 bits per heavy atom. The molecule has 1 saturated carbocycles. The van der Waals surface area contributed by atoms with Gasteiger partial charge in [-0.05, 0) is 18.8 Å². The number of rotatable bonds is 4. The molecule has 16 heavy (non-hydrogen) atoms. The minimum atomic E-state index is -0.350. The zero-order chi connectivity index (χ0) is 11.4. The summed E-state index contributed by atoms with van der Waals surface area (Å²) in [6, 6.07) is 0. The second kappa shape index (κ2) is 5.64. The largest absolute Gasteiger partial charge is 0.391 e. The summed E-state index contributed by atoms with van der Waals surface area (Å²) in [7, 11) is 0. The van der Waals surface area contributed by atoms with Gasteiger partial charge < -0.3 is 15.7 Å². The molecule has 4 nitrogen and oxygen atoms in total. The fourth-order valence-electron chi connectivity index (χ4n) is 2.51. The number of amides is 1. The van der Waals surface area contributed by atoms with Gasteiger partial charge in [-0.1, -0.05) is 19.3 Å². The molecule has 4 heteroatoms. The Hall–Kier alpha value is -0.610. The van der Waals surface area contributed by atoms with Crippen molar-refractivity contribution in [3.05, 3.63) is 0 Å². The molecule has 0 bridgehead atoms. The molecule has 1 aliphatic carbocycles. The van der Waals surface area contributed by atoms with Gasteiger partial charge in [-0.3, -0.25) is 4.79 Å². The predicted molar refractivity (Wildman–Crippen MR) is 62.0 cm³/mol. The van der Waals surface area contributed by atoms with Crippen LogP contribution in [0.3, 0.4) is 0 Å². The average Bonchev–Trinajstić information content (AvgIpc) is 2.25. The van der Waals surface area contributed by atoms with Gasteiger partial charge in [-0.2, -0.15) is 0 Å². The van der Waals surface area contributed by atoms with Crippen molar-refractivity contribution >= 4 is 5.91 Å². The van der Waals surface area contributed by atoms with Crippen LogP contribution in [0, 0.1) is 11.8 Å². The van der Waals surface area contributed by atoms with Gasteiger partial charge in [0.15, 0.2) is 0 Å². The van der Waals surface area contributed by atoms with Crippen LogP contribution < -0.4 is 10.6 Å². The Balaban J connectivity index is 1.65. The van der Waals surface area contributed by atoms with Crippen molar-refractivity contribution in [3.8, 4) is 0 Å². The summed E-state index contributed by atoms with van der Waals surface area (Å²) in [6.45, 7) is 2.00. The zero-order valence-corrected chi connectivity index (χ0v) is 9.74. The number of aliphatic hydroxyl groups excluding tert-OH is 1. The van der Waals surface area contributed by atoms with Crippen molar-refractivity contribution < 1.29 is 9.90 Å². The summed E-state index contributed by atoms with van der Waals surface area (Å²) in [5, 5.41) is 15.9. The van der Waals surface area contributed by atoms with E-state index in [1.165, 1.54) is 19.3 Å². The molecule has 2 rings (SSSR count). The third kappa shape index (κ3) is 2.95. The monoisotopic (exact) mass is 226 g/mol. The first kappa shape index (κ1) is 11.9. The van der Waals surface area contributed by atoms with Crippen LogP contribution in [0.15, 0.2) is 0 Å². The lowest BCUT2D eigenvalue weighted by molar-refractivity contribution is -0.127. The first-order valence-electron chi connectivity index (χ1n) is 6.44. The quantitative estimate of drug-likeness (QED) is 0.644. The highest BCUT2D eigenvalue weighted by Gasteiger charge is 2.26. The van der Waals surface area contributed by atoms with Gasteiger partial charge in [0.1, 0.15) is 0 Å². The van der Waals surface area contributed by atoms with Crippen LogP contribution in [0.4, 0.5) is 0 Å². The molecule has 0 aromatic carbocycles. The fraction of sp³-hybridized carbons (Fsp3) is 0.917. The maximum atomic E-state index is 11.6. The van der Waals surface area contributed by atoms with Crippen LogP contribution in [0.25, 0.3) is 0 Å². The molecular weight excluding hydrogens is 204 g/mol. The molecule has 1 atom stereocenters. The highest BCUT2D eigenvalue weighted by molar-refractivity contribution is 5.80. The molecule has 0 radical (unpaired) electrons. The summed E-state index contributed by atoms with van der Waals surface area (Å²) in [5.74, 6) is 0.612. The maximum absolute atomic E-state index is 11.6. The molecule has 2 fully saturated rings. The van der Waals surface area contributed by atoms with E-state index in [-0.39, 0.29) is 17.9 Å². The van der Waals surface area contributed by atoms with Gasteiger partial charge in [0.25, 0.3) is 0 Å². The van der Waals surface area contributed by atoms with Gasteiger partial charge in [-0.15, -0.1) is 0 Å². The highest BCUT2D eigenvalue weighted by Crippen LogP contribution is 2.26. The standard InChI is InChI=1S/C12H22N2O2/c15-11(9-4-2-1-3-5-9)8-14-12(16)10-6-13-7-10/h9-11,13,15H,1-8H2,(H,14,16). The Labute approximate surface area is 96.8 Å². The van der Waals surface area contributed by atoms with Gasteiger partial charge in [0, 0.05) is 19.6 Å². The Morgan fingerprint density at radius 3 is 2.56 bits per heavy atom. The lowest BCUT2D eigenvalue weighted by Crippen LogP contribution is -2.52. The van der Waals surface area contributed by atoms with Crippen LogP contribution in [0.2, 0.25) is 0 Å². The van der Waals surface area contributed by atoms with Crippen LogP contribution in [-0.2, 0) is 4.79 Å². The molecule has 2 aliphatic rings. The number of hydrogen-bond acceptors (Lipinski definition) is 3. The van der Waals surface area contributed by atoms with Gasteiger partial charge in [0.05, 0.1) is 12.0 Å². The van der Waals surface area contributed by atoms with Gasteiger partial charge in [-0.25, -0.2) is 0 Å². The lowest BCUT2D eigenvalue weighted by Gasteiger charge is -2.29. The predicted octanol–water partition coefficient (Wildman–Crippen LogP) is 0.263. The summed E-state index contributed by atoms with van der Waals surface area (Å²) in [4.78, 5) is 11.6. The minimum Gasteiger partial charge on any atom is -0.391 e. The molecule has 1 aliphatic heterocycles. The van der Waals surface area contributed by atoms with Crippen molar-refractivity contribution in [1.82, 2.24) is 10.6 Å². The van der Waals surface area contributed by atoms with E-state index < -0.39 is 0 Å². The van der Waals surface area contributed by atoms with Crippen LogP contribution in [-0.4, -0.2) is 36.8 Å². The second-order valence-electron chi connectivity index (χ2n) is 5.07. The highest BCUT2D eigenvalue weighted by atomic mass is 16.3. The summed E-state index contributed by atoms with van der Waals surface area (Å²) in [5.41, 5.74) is 0. The van der Waals surface area contributed by atoms with Crippen LogP contribution in [0.1, 0.15) is 32.1 Å². The van der Waals surface area contributed by atoms with E-state index in [4.69, 9.17) is 0 Å². The van der Waals surface area contributed by atoms with E-state index in [1.807, 2.05) is 0 Å². The van der Waals surface area contributed by atoms with Gasteiger partial charge in [0.2, 0.25) is 5.91 Å². The molecule has 1 unspecified atom stereocenters. The molecule has 92 valence electrons. The first-order valence-corrected chi connectivity index (χ1v) is 6.44. The summed E-state index contributed by atoms with van der Waals surface area (Å²) < 4.78 is 0. The van der Waals surface area contributed by atoms with E-state index in [0.717, 1.165) is 25.9 Å². The van der Waals surface area contributed by atoms with E-state index in [0.29, 0.717) is 12.5 Å². The average molecular weight is 226 g/mol. The topological polar surface area (TPSA) is 61.4 Å². The van der Waals surface area contributed by atoms with Crippen molar-refractivity contribution in [2.24, 2.45) is 11.8 Å². The summed E-state index contributed by atoms with van der Waals surface area (Å²) >= 11 is 0. The van der Waals surface area contributed by atoms with E-state index in [2.05, 4.69) is 10.6 Å². The number of nitrogens with one attached hydrogen (secondary N) is 2. The number of hydrogen-bond donors (Lipinski definition) is 3. The van der Waals surface area contributed by atoms with Crippen molar-refractivity contribution in [2.45, 2.75) is 38.2 Å². The fourth-order valence-corrected chi connectivity index (χ4v) is 2.51. The second-order valence-corrected chi connectivity index (χ2v) is 5.07. The lowest BCUT2D eigenvalue weighted by atomic mass is 9.85. The Bertz CT molecular complexity index is 235. The molecule has 0 spiro atoms.